The van der Waals surface area contributed by atoms with Crippen molar-refractivity contribution >= 4 is 17.3 Å². The molecular weight excluding hydrogens is 328 g/mol. The van der Waals surface area contributed by atoms with Crippen LogP contribution in [0.4, 0.5) is 11.4 Å². The average Bonchev–Trinajstić information content (AvgIpc) is 2.61. The molecule has 0 aliphatic carbocycles. The fourth-order valence-electron chi connectivity index (χ4n) is 2.29. The molecule has 1 amide bonds. The van der Waals surface area contributed by atoms with Gasteiger partial charge in [0.2, 0.25) is 0 Å². The number of ether oxygens (including phenoxy) is 3. The highest BCUT2D eigenvalue weighted by molar-refractivity contribution is 5.94. The quantitative estimate of drug-likeness (QED) is 0.661. The van der Waals surface area contributed by atoms with Gasteiger partial charge in [0.25, 0.3) is 11.6 Å². The fraction of sp³-hybridized carbons (Fsp3) is 0.235. The number of fused-ring (bicyclic) bond motifs is 1. The van der Waals surface area contributed by atoms with Gasteiger partial charge in [-0.25, -0.2) is 0 Å². The van der Waals surface area contributed by atoms with Gasteiger partial charge in [-0.15, -0.1) is 0 Å². The van der Waals surface area contributed by atoms with Crippen LogP contribution in [0, 0.1) is 10.1 Å². The van der Waals surface area contributed by atoms with Crippen molar-refractivity contribution in [3.05, 3.63) is 52.6 Å². The van der Waals surface area contributed by atoms with Gasteiger partial charge >= 0.3 is 0 Å². The fourth-order valence-corrected chi connectivity index (χ4v) is 2.29. The second-order valence-corrected chi connectivity index (χ2v) is 5.36. The molecule has 8 nitrogen and oxygen atoms in total. The van der Waals surface area contributed by atoms with E-state index in [1.54, 1.807) is 31.2 Å². The third-order valence-electron chi connectivity index (χ3n) is 3.52. The number of nitro benzene ring substituents is 1. The molecule has 3 rings (SSSR count). The molecule has 0 saturated carbocycles. The van der Waals surface area contributed by atoms with E-state index in [1.807, 2.05) is 0 Å². The van der Waals surface area contributed by atoms with Crippen molar-refractivity contribution in [3.8, 4) is 17.2 Å². The number of carbonyl (C=O) groups excluding carboxylic acids is 1. The van der Waals surface area contributed by atoms with Crippen LogP contribution in [0.1, 0.15) is 6.92 Å². The van der Waals surface area contributed by atoms with Crippen LogP contribution >= 0.6 is 0 Å². The average molecular weight is 344 g/mol. The molecule has 0 radical (unpaired) electrons. The SMILES string of the molecule is C[C@H](Oc1cccc([N+](=O)[O-])c1)C(=O)Nc1ccc2c(c1)OCCO2. The first-order chi connectivity index (χ1) is 12.0. The number of non-ortho nitro benzene ring substituents is 1. The number of rotatable bonds is 5. The minimum atomic E-state index is -0.838. The second kappa shape index (κ2) is 7.08. The minimum absolute atomic E-state index is 0.100. The monoisotopic (exact) mass is 344 g/mol. The maximum absolute atomic E-state index is 12.3. The Kier molecular flexibility index (Phi) is 4.69. The van der Waals surface area contributed by atoms with Crippen molar-refractivity contribution < 1.29 is 23.9 Å². The molecule has 2 aromatic carbocycles. The lowest BCUT2D eigenvalue weighted by Crippen LogP contribution is -2.30. The van der Waals surface area contributed by atoms with Gasteiger partial charge in [0, 0.05) is 17.8 Å². The van der Waals surface area contributed by atoms with Crippen LogP contribution in [0.25, 0.3) is 0 Å². The number of nitrogens with zero attached hydrogens (tertiary/aromatic N) is 1. The molecule has 2 aromatic rings. The summed E-state index contributed by atoms with van der Waals surface area (Å²) in [4.78, 5) is 22.5. The molecular formula is C17H16N2O6. The number of carbonyl (C=O) groups is 1. The highest BCUT2D eigenvalue weighted by atomic mass is 16.6. The number of nitrogens with one attached hydrogen (secondary N) is 1. The lowest BCUT2D eigenvalue weighted by Gasteiger charge is -2.19. The normalized spacial score (nSPS) is 13.6. The predicted octanol–water partition coefficient (Wildman–Crippen LogP) is 2.77. The molecule has 1 heterocycles. The molecule has 0 aromatic heterocycles. The Morgan fingerprint density at radius 2 is 1.96 bits per heavy atom. The van der Waals surface area contributed by atoms with E-state index in [9.17, 15) is 14.9 Å². The molecule has 0 fully saturated rings. The van der Waals surface area contributed by atoms with E-state index in [1.165, 1.54) is 18.2 Å². The third kappa shape index (κ3) is 3.97. The predicted molar refractivity (Wildman–Crippen MR) is 89.2 cm³/mol. The Hall–Kier alpha value is -3.29. The van der Waals surface area contributed by atoms with E-state index >= 15 is 0 Å². The van der Waals surface area contributed by atoms with Gasteiger partial charge in [-0.2, -0.15) is 0 Å². The lowest BCUT2D eigenvalue weighted by molar-refractivity contribution is -0.384. The van der Waals surface area contributed by atoms with Crippen LogP contribution in [0.5, 0.6) is 17.2 Å². The molecule has 1 aliphatic rings. The zero-order valence-corrected chi connectivity index (χ0v) is 13.4. The Bertz CT molecular complexity index is 807. The van der Waals surface area contributed by atoms with Gasteiger partial charge < -0.3 is 19.5 Å². The highest BCUT2D eigenvalue weighted by Crippen LogP contribution is 2.32. The van der Waals surface area contributed by atoms with Gasteiger partial charge in [0.1, 0.15) is 19.0 Å². The minimum Gasteiger partial charge on any atom is -0.486 e. The molecule has 0 spiro atoms. The number of benzene rings is 2. The molecule has 0 unspecified atom stereocenters. The summed E-state index contributed by atoms with van der Waals surface area (Å²) < 4.78 is 16.4. The second-order valence-electron chi connectivity index (χ2n) is 5.36. The smallest absolute Gasteiger partial charge is 0.273 e. The topological polar surface area (TPSA) is 99.9 Å². The summed E-state index contributed by atoms with van der Waals surface area (Å²) in [6.45, 7) is 2.51. The van der Waals surface area contributed by atoms with Gasteiger partial charge in [-0.05, 0) is 25.1 Å². The van der Waals surface area contributed by atoms with Crippen molar-refractivity contribution in [2.24, 2.45) is 0 Å². The number of hydrogen-bond acceptors (Lipinski definition) is 6. The summed E-state index contributed by atoms with van der Waals surface area (Å²) in [5, 5.41) is 13.5. The van der Waals surface area contributed by atoms with E-state index in [0.29, 0.717) is 30.4 Å². The lowest BCUT2D eigenvalue weighted by atomic mass is 10.2. The Balaban J connectivity index is 1.64. The summed E-state index contributed by atoms with van der Waals surface area (Å²) in [6, 6.07) is 10.8. The summed E-state index contributed by atoms with van der Waals surface area (Å²) in [5.41, 5.74) is 0.445. The van der Waals surface area contributed by atoms with E-state index in [4.69, 9.17) is 14.2 Å². The first-order valence-corrected chi connectivity index (χ1v) is 7.64. The van der Waals surface area contributed by atoms with Gasteiger partial charge in [0.15, 0.2) is 17.6 Å². The van der Waals surface area contributed by atoms with E-state index < -0.39 is 11.0 Å². The van der Waals surface area contributed by atoms with Crippen LogP contribution in [0.2, 0.25) is 0 Å². The number of nitro groups is 1. The van der Waals surface area contributed by atoms with Crippen LogP contribution in [0.3, 0.4) is 0 Å². The van der Waals surface area contributed by atoms with Crippen LogP contribution < -0.4 is 19.5 Å². The molecule has 1 atom stereocenters. The molecule has 1 aliphatic heterocycles. The van der Waals surface area contributed by atoms with Crippen LogP contribution in [-0.2, 0) is 4.79 Å². The zero-order valence-electron chi connectivity index (χ0n) is 13.4. The summed E-state index contributed by atoms with van der Waals surface area (Å²) in [5.74, 6) is 1.06. The van der Waals surface area contributed by atoms with Gasteiger partial charge in [-0.3, -0.25) is 14.9 Å². The number of anilines is 1. The molecule has 8 heteroatoms. The summed E-state index contributed by atoms with van der Waals surface area (Å²) in [7, 11) is 0. The van der Waals surface area contributed by atoms with Crippen molar-refractivity contribution in [1.82, 2.24) is 0 Å². The molecule has 25 heavy (non-hydrogen) atoms. The van der Waals surface area contributed by atoms with E-state index in [0.717, 1.165) is 0 Å². The Morgan fingerprint density at radius 1 is 1.20 bits per heavy atom. The van der Waals surface area contributed by atoms with E-state index in [2.05, 4.69) is 5.32 Å². The maximum Gasteiger partial charge on any atom is 0.273 e. The van der Waals surface area contributed by atoms with Crippen LogP contribution in [-0.4, -0.2) is 30.1 Å². The number of hydrogen-bond donors (Lipinski definition) is 1. The largest absolute Gasteiger partial charge is 0.486 e. The standard InChI is InChI=1S/C17H16N2O6/c1-11(25-14-4-2-3-13(10-14)19(21)22)17(20)18-12-5-6-15-16(9-12)24-8-7-23-15/h2-6,9-11H,7-8H2,1H3,(H,18,20)/t11-/m0/s1. The first kappa shape index (κ1) is 16.6. The van der Waals surface area contributed by atoms with Crippen molar-refractivity contribution in [2.45, 2.75) is 13.0 Å². The molecule has 0 saturated heterocycles. The molecule has 0 bridgehead atoms. The third-order valence-corrected chi connectivity index (χ3v) is 3.52. The Morgan fingerprint density at radius 3 is 2.72 bits per heavy atom. The van der Waals surface area contributed by atoms with Crippen LogP contribution in [0.15, 0.2) is 42.5 Å². The maximum atomic E-state index is 12.3. The van der Waals surface area contributed by atoms with Gasteiger partial charge in [-0.1, -0.05) is 6.07 Å². The number of amides is 1. The molecule has 130 valence electrons. The van der Waals surface area contributed by atoms with Crippen molar-refractivity contribution in [1.29, 1.82) is 0 Å². The highest BCUT2D eigenvalue weighted by Gasteiger charge is 2.18. The first-order valence-electron chi connectivity index (χ1n) is 7.64. The zero-order chi connectivity index (χ0) is 17.8. The van der Waals surface area contributed by atoms with Gasteiger partial charge in [0.05, 0.1) is 11.0 Å². The Labute approximate surface area is 143 Å². The van der Waals surface area contributed by atoms with E-state index in [-0.39, 0.29) is 17.3 Å². The summed E-state index contributed by atoms with van der Waals surface area (Å²) >= 11 is 0. The summed E-state index contributed by atoms with van der Waals surface area (Å²) in [6.07, 6.45) is -0.838. The van der Waals surface area contributed by atoms with Crippen molar-refractivity contribution in [2.75, 3.05) is 18.5 Å². The molecule has 1 N–H and O–H groups in total. The van der Waals surface area contributed by atoms with Crippen molar-refractivity contribution in [3.63, 3.8) is 0 Å².